The second-order valence-corrected chi connectivity index (χ2v) is 7.02. The van der Waals surface area contributed by atoms with Crippen LogP contribution >= 0.6 is 0 Å². The first-order valence-corrected chi connectivity index (χ1v) is 9.93. The van der Waals surface area contributed by atoms with Gasteiger partial charge in [0.25, 0.3) is 5.91 Å². The summed E-state index contributed by atoms with van der Waals surface area (Å²) >= 11 is 0. The number of nitrogens with zero attached hydrogens (tertiary/aromatic N) is 4. The van der Waals surface area contributed by atoms with E-state index >= 15 is 0 Å². The van der Waals surface area contributed by atoms with Gasteiger partial charge in [-0.3, -0.25) is 4.79 Å². The highest BCUT2D eigenvalue weighted by Gasteiger charge is 2.33. The first kappa shape index (κ1) is 14.2. The number of para-hydroxylation sites is 2. The molecule has 1 aromatic heterocycles. The van der Waals surface area contributed by atoms with E-state index in [-0.39, 0.29) is 46.1 Å². The van der Waals surface area contributed by atoms with Gasteiger partial charge in [0.05, 0.1) is 29.3 Å². The highest BCUT2D eigenvalue weighted by atomic mass is 16.6. The summed E-state index contributed by atoms with van der Waals surface area (Å²) in [4.78, 5) is 23.2. The van der Waals surface area contributed by atoms with Gasteiger partial charge in [0.1, 0.15) is 12.4 Å². The van der Waals surface area contributed by atoms with Crippen LogP contribution in [0.2, 0.25) is 0 Å². The number of piperazine rings is 1. The summed E-state index contributed by atoms with van der Waals surface area (Å²) in [6, 6.07) is 5.90. The Bertz CT molecular complexity index is 1510. The average molecular weight is 459 g/mol. The first-order valence-electron chi connectivity index (χ1n) is 13.4. The van der Waals surface area contributed by atoms with Crippen LogP contribution in [0.25, 0.3) is 10.9 Å². The van der Waals surface area contributed by atoms with Crippen LogP contribution in [-0.4, -0.2) is 73.8 Å². The van der Waals surface area contributed by atoms with Crippen molar-refractivity contribution in [3.8, 4) is 23.0 Å². The Hall–Kier alpha value is -3.95. The molecule has 0 spiro atoms. The van der Waals surface area contributed by atoms with Crippen LogP contribution in [0.5, 0.6) is 23.0 Å². The molecule has 0 saturated carbocycles. The van der Waals surface area contributed by atoms with Crippen LogP contribution in [0.3, 0.4) is 0 Å². The van der Waals surface area contributed by atoms with Gasteiger partial charge in [-0.1, -0.05) is 12.1 Å². The van der Waals surface area contributed by atoms with Crippen LogP contribution in [0.4, 0.5) is 11.8 Å². The lowest BCUT2D eigenvalue weighted by Crippen LogP contribution is -2.54. The summed E-state index contributed by atoms with van der Waals surface area (Å²) in [5.74, 6) is -1.46. The highest BCUT2D eigenvalue weighted by molar-refractivity contribution is 5.91. The van der Waals surface area contributed by atoms with Crippen molar-refractivity contribution in [1.82, 2.24) is 14.9 Å². The number of hydrogen-bond acceptors (Lipinski definition) is 9. The molecule has 2 aromatic carbocycles. The van der Waals surface area contributed by atoms with E-state index < -0.39 is 50.6 Å². The first-order chi connectivity index (χ1) is 18.7. The smallest absolute Gasteiger partial charge is 0.267 e. The number of benzene rings is 2. The normalized spacial score (nSPS) is 26.1. The van der Waals surface area contributed by atoms with Crippen LogP contribution < -0.4 is 29.6 Å². The molecular weight excluding hydrogens is 426 g/mol. The monoisotopic (exact) mass is 458 g/mol. The molecule has 10 nitrogen and oxygen atoms in total. The van der Waals surface area contributed by atoms with E-state index in [2.05, 4.69) is 9.97 Å². The third-order valence-electron chi connectivity index (χ3n) is 5.02. The number of aromatic nitrogens is 2. The summed E-state index contributed by atoms with van der Waals surface area (Å²) < 4.78 is 81.8. The van der Waals surface area contributed by atoms with Crippen molar-refractivity contribution in [2.75, 3.05) is 57.5 Å². The molecule has 1 amide bonds. The summed E-state index contributed by atoms with van der Waals surface area (Å²) in [7, 11) is 2.57. The molecule has 0 radical (unpaired) electrons. The number of methoxy groups -OCH3 is 2. The zero-order valence-corrected chi connectivity index (χ0v) is 17.8. The van der Waals surface area contributed by atoms with Crippen molar-refractivity contribution >= 4 is 28.6 Å². The van der Waals surface area contributed by atoms with Crippen molar-refractivity contribution in [1.29, 1.82) is 0 Å². The SMILES string of the molecule is [2H]c1c(OC)c(OC)c([2H])c2c(N)nc(N3C([2H])([2H])CN(C(=O)C4([2H])COc5ccccc5O4)CC3([2H])[2H])nc12. The van der Waals surface area contributed by atoms with Gasteiger partial charge in [0, 0.05) is 37.5 Å². The lowest BCUT2D eigenvalue weighted by Gasteiger charge is -2.37. The summed E-state index contributed by atoms with van der Waals surface area (Å²) in [5.41, 5.74) is 5.94. The van der Waals surface area contributed by atoms with Gasteiger partial charge in [-0.15, -0.1) is 0 Å². The Morgan fingerprint density at radius 2 is 1.88 bits per heavy atom. The largest absolute Gasteiger partial charge is 0.493 e. The van der Waals surface area contributed by atoms with Crippen LogP contribution in [0.15, 0.2) is 36.4 Å². The Balaban J connectivity index is 1.52. The molecule has 2 aliphatic heterocycles. The number of amides is 1. The molecule has 0 aliphatic carbocycles. The molecule has 2 aliphatic rings. The Kier molecular flexibility index (Phi) is 3.68. The third kappa shape index (κ3) is 3.88. The molecule has 0 bridgehead atoms. The molecule has 1 atom stereocenters. The van der Waals surface area contributed by atoms with Crippen molar-refractivity contribution in [3.63, 3.8) is 0 Å². The van der Waals surface area contributed by atoms with Crippen molar-refractivity contribution < 1.29 is 33.3 Å². The fraction of sp³-hybridized carbons (Fsp3) is 0.348. The quantitative estimate of drug-likeness (QED) is 0.624. The van der Waals surface area contributed by atoms with Gasteiger partial charge in [-0.2, -0.15) is 4.98 Å². The van der Waals surface area contributed by atoms with E-state index in [1.165, 1.54) is 20.3 Å². The van der Waals surface area contributed by atoms with Crippen molar-refractivity contribution in [2.45, 2.75) is 6.08 Å². The zero-order valence-electron chi connectivity index (χ0n) is 24.8. The molecule has 3 heterocycles. The third-order valence-corrected chi connectivity index (χ3v) is 5.02. The number of nitrogen functional groups attached to an aromatic ring is 1. The lowest BCUT2D eigenvalue weighted by atomic mass is 10.2. The summed E-state index contributed by atoms with van der Waals surface area (Å²) in [6.45, 7) is -7.05. The van der Waals surface area contributed by atoms with Crippen LogP contribution in [0, 0.1) is 0 Å². The molecule has 5 rings (SSSR count). The number of ether oxygens (including phenoxy) is 4. The van der Waals surface area contributed by atoms with Gasteiger partial charge >= 0.3 is 0 Å². The molecule has 1 saturated heterocycles. The van der Waals surface area contributed by atoms with E-state index in [1.807, 2.05) is 0 Å². The molecule has 1 unspecified atom stereocenters. The maximum atomic E-state index is 13.4. The predicted octanol–water partition coefficient (Wildman–Crippen LogP) is 1.72. The maximum absolute atomic E-state index is 13.4. The lowest BCUT2D eigenvalue weighted by molar-refractivity contribution is -0.141. The Labute approximate surface area is 200 Å². The van der Waals surface area contributed by atoms with Crippen LogP contribution in [-0.2, 0) is 4.79 Å². The topological polar surface area (TPSA) is 112 Å². The molecule has 3 aromatic rings. The number of hydrogen-bond donors (Lipinski definition) is 1. The number of fused-ring (bicyclic) bond motifs is 2. The minimum absolute atomic E-state index is 0.0489. The van der Waals surface area contributed by atoms with Crippen molar-refractivity contribution in [3.05, 3.63) is 36.4 Å². The van der Waals surface area contributed by atoms with E-state index in [0.29, 0.717) is 10.6 Å². The van der Waals surface area contributed by atoms with Gasteiger partial charge < -0.3 is 34.5 Å². The van der Waals surface area contributed by atoms with Gasteiger partial charge in [-0.05, 0) is 18.2 Å². The molecule has 172 valence electrons. The second kappa shape index (κ2) is 8.53. The Morgan fingerprint density at radius 3 is 2.61 bits per heavy atom. The van der Waals surface area contributed by atoms with Gasteiger partial charge in [0.2, 0.25) is 12.0 Å². The summed E-state index contributed by atoms with van der Waals surface area (Å²) in [6.07, 6.45) is -2.27. The van der Waals surface area contributed by atoms with Gasteiger partial charge in [0.15, 0.2) is 23.0 Å². The molecule has 1 fully saturated rings. The number of carbonyl (C=O) groups is 1. The molecule has 2 N–H and O–H groups in total. The van der Waals surface area contributed by atoms with Crippen molar-refractivity contribution in [2.24, 2.45) is 0 Å². The van der Waals surface area contributed by atoms with E-state index in [1.54, 1.807) is 18.2 Å². The standard InChI is InChI=1S/C23H25N5O5/c1-30-18-11-14-15(12-19(18)31-2)25-23(26-21(14)24)28-9-7-27(8-10-28)22(29)20-13-32-16-5-3-4-6-17(16)33-20/h3-6,11-12,20H,7-10,13H2,1-2H3,(H2,24,25,26)/i9D2,10D2,11D,12D,20D. The van der Waals surface area contributed by atoms with Crippen LogP contribution in [0.1, 0.15) is 9.60 Å². The predicted molar refractivity (Wildman–Crippen MR) is 122 cm³/mol. The second-order valence-electron chi connectivity index (χ2n) is 7.02. The molecular formula is C23H25N5O5. The minimum atomic E-state index is -2.61. The molecule has 10 heteroatoms. The fourth-order valence-electron chi connectivity index (χ4n) is 3.35. The summed E-state index contributed by atoms with van der Waals surface area (Å²) in [5, 5.41) is -0.0489. The fourth-order valence-corrected chi connectivity index (χ4v) is 3.35. The highest BCUT2D eigenvalue weighted by Crippen LogP contribution is 2.34. The van der Waals surface area contributed by atoms with Gasteiger partial charge in [-0.25, -0.2) is 4.98 Å². The number of carbonyl (C=O) groups excluding carboxylic acids is 1. The van der Waals surface area contributed by atoms with E-state index in [9.17, 15) is 4.79 Å². The number of nitrogens with two attached hydrogens (primary N) is 1. The average Bonchev–Trinajstić information content (AvgIpc) is 2.88. The minimum Gasteiger partial charge on any atom is -0.493 e. The Morgan fingerprint density at radius 1 is 1.18 bits per heavy atom. The molecule has 33 heavy (non-hydrogen) atoms. The van der Waals surface area contributed by atoms with E-state index in [0.717, 1.165) is 4.90 Å². The number of anilines is 2. The van der Waals surface area contributed by atoms with E-state index in [4.69, 9.17) is 34.3 Å². The number of rotatable bonds is 4. The maximum Gasteiger partial charge on any atom is 0.267 e. The zero-order chi connectivity index (χ0) is 29.2.